The third-order valence-electron chi connectivity index (χ3n) is 3.60. The summed E-state index contributed by atoms with van der Waals surface area (Å²) in [5.41, 5.74) is 3.94. The Morgan fingerprint density at radius 1 is 1.29 bits per heavy atom. The summed E-state index contributed by atoms with van der Waals surface area (Å²) in [6.07, 6.45) is 0.618. The first kappa shape index (κ1) is 15.1. The van der Waals surface area contributed by atoms with Crippen LogP contribution in [0.4, 0.5) is 0 Å². The van der Waals surface area contributed by atoms with E-state index < -0.39 is 0 Å². The van der Waals surface area contributed by atoms with E-state index in [1.807, 2.05) is 39.8 Å². The summed E-state index contributed by atoms with van der Waals surface area (Å²) in [6, 6.07) is 8.44. The minimum Gasteiger partial charge on any atom is -0.493 e. The number of hydrogen-bond acceptors (Lipinski definition) is 4. The molecule has 110 valence electrons. The summed E-state index contributed by atoms with van der Waals surface area (Å²) in [4.78, 5) is 0. The summed E-state index contributed by atoms with van der Waals surface area (Å²) in [5, 5.41) is 13.3. The molecule has 1 heterocycles. The molecule has 1 atom stereocenters. The predicted octanol–water partition coefficient (Wildman–Crippen LogP) is 3.98. The molecule has 2 aromatic rings. The van der Waals surface area contributed by atoms with Crippen LogP contribution in [0.25, 0.3) is 0 Å². The zero-order valence-electron chi connectivity index (χ0n) is 12.9. The highest BCUT2D eigenvalue weighted by molar-refractivity contribution is 5.36. The molecule has 1 aromatic heterocycles. The van der Waals surface area contributed by atoms with Crippen molar-refractivity contribution < 1.29 is 9.26 Å². The first-order chi connectivity index (χ1) is 10.0. The van der Waals surface area contributed by atoms with Gasteiger partial charge in [-0.15, -0.1) is 0 Å². The van der Waals surface area contributed by atoms with Crippen LogP contribution in [-0.2, 0) is 0 Å². The molecule has 0 N–H and O–H groups in total. The van der Waals surface area contributed by atoms with E-state index in [1.54, 1.807) is 0 Å². The Balaban J connectivity index is 2.02. The van der Waals surface area contributed by atoms with Crippen LogP contribution in [-0.4, -0.2) is 11.8 Å². The standard InChI is InChI=1S/C17H20N2O2/c1-11-5-6-12(2)16(9-11)20-8-7-15(10-18)17-13(3)19-21-14(17)4/h5-6,9,15H,7-8H2,1-4H3. The van der Waals surface area contributed by atoms with Crippen LogP contribution in [0.3, 0.4) is 0 Å². The van der Waals surface area contributed by atoms with Crippen LogP contribution in [0.15, 0.2) is 22.7 Å². The molecule has 2 rings (SSSR count). The molecule has 21 heavy (non-hydrogen) atoms. The average Bonchev–Trinajstić information content (AvgIpc) is 2.79. The monoisotopic (exact) mass is 284 g/mol. The highest BCUT2D eigenvalue weighted by Gasteiger charge is 2.20. The molecular weight excluding hydrogens is 264 g/mol. The molecule has 0 aliphatic rings. The molecule has 0 aliphatic carbocycles. The molecule has 0 aliphatic heterocycles. The Bertz CT molecular complexity index is 648. The normalized spacial score (nSPS) is 12.0. The van der Waals surface area contributed by atoms with E-state index >= 15 is 0 Å². The van der Waals surface area contributed by atoms with Crippen molar-refractivity contribution in [3.8, 4) is 11.8 Å². The van der Waals surface area contributed by atoms with Gasteiger partial charge in [0.1, 0.15) is 11.5 Å². The molecule has 4 heteroatoms. The molecule has 0 spiro atoms. The predicted molar refractivity (Wildman–Crippen MR) is 80.4 cm³/mol. The van der Waals surface area contributed by atoms with E-state index in [2.05, 4.69) is 17.3 Å². The molecule has 1 unspecified atom stereocenters. The first-order valence-electron chi connectivity index (χ1n) is 7.05. The fourth-order valence-electron chi connectivity index (χ4n) is 2.41. The van der Waals surface area contributed by atoms with Crippen LogP contribution in [0.1, 0.15) is 40.5 Å². The van der Waals surface area contributed by atoms with Gasteiger partial charge in [-0.25, -0.2) is 0 Å². The van der Waals surface area contributed by atoms with Gasteiger partial charge in [0, 0.05) is 12.0 Å². The summed E-state index contributed by atoms with van der Waals surface area (Å²) < 4.78 is 11.0. The number of ether oxygens (including phenoxy) is 1. The van der Waals surface area contributed by atoms with Crippen LogP contribution < -0.4 is 4.74 Å². The minimum atomic E-state index is -0.249. The van der Waals surface area contributed by atoms with Gasteiger partial charge in [0.05, 0.1) is 24.3 Å². The lowest BCUT2D eigenvalue weighted by Crippen LogP contribution is -2.06. The molecule has 0 amide bonds. The third kappa shape index (κ3) is 3.43. The zero-order valence-corrected chi connectivity index (χ0v) is 12.9. The van der Waals surface area contributed by atoms with Crippen LogP contribution in [0.5, 0.6) is 5.75 Å². The van der Waals surface area contributed by atoms with Gasteiger partial charge in [-0.2, -0.15) is 5.26 Å². The molecule has 1 aromatic carbocycles. The number of hydrogen-bond donors (Lipinski definition) is 0. The molecule has 0 radical (unpaired) electrons. The van der Waals surface area contributed by atoms with Gasteiger partial charge in [0.25, 0.3) is 0 Å². The molecule has 0 fully saturated rings. The molecule has 0 bridgehead atoms. The summed E-state index contributed by atoms with van der Waals surface area (Å²) in [7, 11) is 0. The highest BCUT2D eigenvalue weighted by Crippen LogP contribution is 2.26. The van der Waals surface area contributed by atoms with Crippen molar-refractivity contribution in [2.45, 2.75) is 40.0 Å². The Labute approximate surface area is 125 Å². The number of rotatable bonds is 5. The van der Waals surface area contributed by atoms with Crippen molar-refractivity contribution in [3.05, 3.63) is 46.3 Å². The van der Waals surface area contributed by atoms with Gasteiger partial charge in [0.2, 0.25) is 0 Å². The number of benzene rings is 1. The van der Waals surface area contributed by atoms with Crippen LogP contribution in [0.2, 0.25) is 0 Å². The van der Waals surface area contributed by atoms with E-state index in [1.165, 1.54) is 0 Å². The highest BCUT2D eigenvalue weighted by atomic mass is 16.5. The lowest BCUT2D eigenvalue weighted by Gasteiger charge is -2.12. The second-order valence-corrected chi connectivity index (χ2v) is 5.33. The van der Waals surface area contributed by atoms with Gasteiger partial charge in [-0.05, 0) is 44.9 Å². The fraction of sp³-hybridized carbons (Fsp3) is 0.412. The lowest BCUT2D eigenvalue weighted by atomic mass is 9.96. The Kier molecular flexibility index (Phi) is 4.64. The quantitative estimate of drug-likeness (QED) is 0.833. The molecule has 4 nitrogen and oxygen atoms in total. The maximum atomic E-state index is 9.37. The Hall–Kier alpha value is -2.28. The smallest absolute Gasteiger partial charge is 0.138 e. The SMILES string of the molecule is Cc1ccc(C)c(OCCC(C#N)c2c(C)noc2C)c1. The number of nitriles is 1. The second kappa shape index (κ2) is 6.45. The van der Waals surface area contributed by atoms with Crippen molar-refractivity contribution >= 4 is 0 Å². The number of nitrogens with zero attached hydrogens (tertiary/aromatic N) is 2. The van der Waals surface area contributed by atoms with Gasteiger partial charge in [-0.1, -0.05) is 17.3 Å². The zero-order chi connectivity index (χ0) is 15.4. The topological polar surface area (TPSA) is 59.0 Å². The van der Waals surface area contributed by atoms with Gasteiger partial charge in [-0.3, -0.25) is 0 Å². The van der Waals surface area contributed by atoms with Gasteiger partial charge < -0.3 is 9.26 Å². The van der Waals surface area contributed by atoms with E-state index in [4.69, 9.17) is 9.26 Å². The number of aryl methyl sites for hydroxylation is 4. The van der Waals surface area contributed by atoms with Crippen molar-refractivity contribution in [1.82, 2.24) is 5.16 Å². The van der Waals surface area contributed by atoms with E-state index in [0.717, 1.165) is 28.1 Å². The van der Waals surface area contributed by atoms with E-state index in [-0.39, 0.29) is 5.92 Å². The largest absolute Gasteiger partial charge is 0.493 e. The molecular formula is C17H20N2O2. The van der Waals surface area contributed by atoms with Crippen molar-refractivity contribution in [3.63, 3.8) is 0 Å². The van der Waals surface area contributed by atoms with Crippen LogP contribution >= 0.6 is 0 Å². The Morgan fingerprint density at radius 2 is 2.05 bits per heavy atom. The molecule has 0 saturated carbocycles. The lowest BCUT2D eigenvalue weighted by molar-refractivity contribution is 0.303. The van der Waals surface area contributed by atoms with Crippen molar-refractivity contribution in [1.29, 1.82) is 5.26 Å². The minimum absolute atomic E-state index is 0.249. The van der Waals surface area contributed by atoms with Gasteiger partial charge >= 0.3 is 0 Å². The number of aromatic nitrogens is 1. The van der Waals surface area contributed by atoms with Gasteiger partial charge in [0.15, 0.2) is 0 Å². The molecule has 0 saturated heterocycles. The van der Waals surface area contributed by atoms with Crippen LogP contribution in [0, 0.1) is 39.0 Å². The van der Waals surface area contributed by atoms with E-state index in [0.29, 0.717) is 18.8 Å². The third-order valence-corrected chi connectivity index (χ3v) is 3.60. The average molecular weight is 284 g/mol. The van der Waals surface area contributed by atoms with Crippen molar-refractivity contribution in [2.75, 3.05) is 6.61 Å². The first-order valence-corrected chi connectivity index (χ1v) is 7.05. The maximum absolute atomic E-state index is 9.37. The summed E-state index contributed by atoms with van der Waals surface area (Å²) in [5.74, 6) is 1.35. The Morgan fingerprint density at radius 3 is 2.67 bits per heavy atom. The van der Waals surface area contributed by atoms with E-state index in [9.17, 15) is 5.26 Å². The fourth-order valence-corrected chi connectivity index (χ4v) is 2.41. The second-order valence-electron chi connectivity index (χ2n) is 5.33. The maximum Gasteiger partial charge on any atom is 0.138 e. The summed E-state index contributed by atoms with van der Waals surface area (Å²) in [6.45, 7) is 8.25. The summed E-state index contributed by atoms with van der Waals surface area (Å²) >= 11 is 0. The van der Waals surface area contributed by atoms with Crippen molar-refractivity contribution in [2.24, 2.45) is 0 Å².